The van der Waals surface area contributed by atoms with Crippen molar-refractivity contribution in [2.75, 3.05) is 12.4 Å². The molecular formula is C14H21FO4S. The lowest BCUT2D eigenvalue weighted by Gasteiger charge is -2.19. The summed E-state index contributed by atoms with van der Waals surface area (Å²) < 4.78 is 41.7. The first-order valence-electron chi connectivity index (χ1n) is 6.37. The minimum absolute atomic E-state index is 0.0153. The monoisotopic (exact) mass is 304 g/mol. The molecule has 1 atom stereocenters. The van der Waals surface area contributed by atoms with Gasteiger partial charge in [0.15, 0.2) is 21.4 Å². The molecular weight excluding hydrogens is 283 g/mol. The van der Waals surface area contributed by atoms with Gasteiger partial charge < -0.3 is 9.84 Å². The molecule has 1 N–H and O–H groups in total. The van der Waals surface area contributed by atoms with Crippen LogP contribution in [0.4, 0.5) is 4.39 Å². The molecule has 0 amide bonds. The molecule has 0 radical (unpaired) electrons. The van der Waals surface area contributed by atoms with E-state index in [9.17, 15) is 17.9 Å². The predicted molar refractivity (Wildman–Crippen MR) is 76.1 cm³/mol. The van der Waals surface area contributed by atoms with Crippen LogP contribution in [0, 0.1) is 5.82 Å². The van der Waals surface area contributed by atoms with Gasteiger partial charge in [-0.05, 0) is 45.4 Å². The second-order valence-corrected chi connectivity index (χ2v) is 8.51. The first-order valence-corrected chi connectivity index (χ1v) is 8.02. The summed E-state index contributed by atoms with van der Waals surface area (Å²) >= 11 is 0. The van der Waals surface area contributed by atoms with Crippen molar-refractivity contribution in [3.8, 4) is 5.75 Å². The highest BCUT2D eigenvalue weighted by Gasteiger charge is 2.28. The Kier molecular flexibility index (Phi) is 5.15. The number of hydrogen-bond acceptors (Lipinski definition) is 4. The molecule has 0 aliphatic rings. The zero-order valence-corrected chi connectivity index (χ0v) is 13.0. The number of rotatable bonds is 5. The van der Waals surface area contributed by atoms with Crippen LogP contribution in [-0.4, -0.2) is 30.6 Å². The molecule has 0 spiro atoms. The highest BCUT2D eigenvalue weighted by atomic mass is 32.2. The van der Waals surface area contributed by atoms with Crippen LogP contribution in [0.15, 0.2) is 18.2 Å². The lowest BCUT2D eigenvalue weighted by Crippen LogP contribution is -2.32. The maximum absolute atomic E-state index is 13.7. The largest absolute Gasteiger partial charge is 0.489 e. The molecule has 0 bridgehead atoms. The number of ether oxygens (including phenoxy) is 1. The SMILES string of the molecule is CC(O)c1ccc(OCCS(=O)(=O)C(C)(C)C)c(F)c1. The third-order valence-electron chi connectivity index (χ3n) is 2.98. The molecule has 6 heteroatoms. The van der Waals surface area contributed by atoms with Gasteiger partial charge in [0.25, 0.3) is 0 Å². The van der Waals surface area contributed by atoms with Crippen LogP contribution in [-0.2, 0) is 9.84 Å². The minimum atomic E-state index is -3.29. The van der Waals surface area contributed by atoms with E-state index in [0.29, 0.717) is 5.56 Å². The molecule has 0 heterocycles. The molecule has 1 rings (SSSR count). The first-order chi connectivity index (χ1) is 9.04. The van der Waals surface area contributed by atoms with Gasteiger partial charge in [-0.3, -0.25) is 0 Å². The van der Waals surface area contributed by atoms with Gasteiger partial charge in [0.2, 0.25) is 0 Å². The van der Waals surface area contributed by atoms with Crippen LogP contribution in [0.5, 0.6) is 5.75 Å². The lowest BCUT2D eigenvalue weighted by molar-refractivity contribution is 0.198. The molecule has 0 fully saturated rings. The molecule has 114 valence electrons. The van der Waals surface area contributed by atoms with Gasteiger partial charge in [0.05, 0.1) is 16.6 Å². The van der Waals surface area contributed by atoms with Gasteiger partial charge in [0.1, 0.15) is 6.61 Å². The zero-order valence-electron chi connectivity index (χ0n) is 12.2. The maximum Gasteiger partial charge on any atom is 0.165 e. The van der Waals surface area contributed by atoms with Crippen molar-refractivity contribution in [2.24, 2.45) is 0 Å². The van der Waals surface area contributed by atoms with Crippen LogP contribution in [0.2, 0.25) is 0 Å². The molecule has 1 aromatic rings. The number of aliphatic hydroxyl groups is 1. The number of hydrogen-bond donors (Lipinski definition) is 1. The van der Waals surface area contributed by atoms with E-state index in [0.717, 1.165) is 0 Å². The summed E-state index contributed by atoms with van der Waals surface area (Å²) in [5.41, 5.74) is 0.442. The van der Waals surface area contributed by atoms with Gasteiger partial charge in [0, 0.05) is 0 Å². The lowest BCUT2D eigenvalue weighted by atomic mass is 10.1. The van der Waals surface area contributed by atoms with Gasteiger partial charge in [-0.25, -0.2) is 12.8 Å². The quantitative estimate of drug-likeness (QED) is 0.907. The van der Waals surface area contributed by atoms with Gasteiger partial charge in [-0.15, -0.1) is 0 Å². The normalized spacial score (nSPS) is 14.1. The van der Waals surface area contributed by atoms with Gasteiger partial charge >= 0.3 is 0 Å². The average molecular weight is 304 g/mol. The highest BCUT2D eigenvalue weighted by molar-refractivity contribution is 7.92. The molecule has 0 aromatic heterocycles. The summed E-state index contributed by atoms with van der Waals surface area (Å²) in [6.07, 6.45) is -0.764. The van der Waals surface area contributed by atoms with E-state index in [1.165, 1.54) is 19.1 Å². The van der Waals surface area contributed by atoms with Crippen LogP contribution in [0.1, 0.15) is 39.4 Å². The molecule has 1 unspecified atom stereocenters. The van der Waals surface area contributed by atoms with Crippen molar-refractivity contribution in [1.29, 1.82) is 0 Å². The van der Waals surface area contributed by atoms with Crippen molar-refractivity contribution in [2.45, 2.75) is 38.5 Å². The summed E-state index contributed by atoms with van der Waals surface area (Å²) in [7, 11) is -3.29. The van der Waals surface area contributed by atoms with Crippen molar-refractivity contribution in [3.63, 3.8) is 0 Å². The zero-order chi connectivity index (χ0) is 15.6. The van der Waals surface area contributed by atoms with Crippen LogP contribution >= 0.6 is 0 Å². The Morgan fingerprint density at radius 1 is 1.35 bits per heavy atom. The summed E-state index contributed by atoms with van der Waals surface area (Å²) in [6, 6.07) is 4.11. The number of benzene rings is 1. The van der Waals surface area contributed by atoms with Crippen molar-refractivity contribution >= 4 is 9.84 Å². The van der Waals surface area contributed by atoms with Crippen LogP contribution in [0.25, 0.3) is 0 Å². The minimum Gasteiger partial charge on any atom is -0.489 e. The van der Waals surface area contributed by atoms with E-state index in [1.807, 2.05) is 0 Å². The van der Waals surface area contributed by atoms with Crippen molar-refractivity contribution in [1.82, 2.24) is 0 Å². The van der Waals surface area contributed by atoms with E-state index in [1.54, 1.807) is 26.8 Å². The molecule has 1 aromatic carbocycles. The Morgan fingerprint density at radius 2 is 1.95 bits per heavy atom. The summed E-state index contributed by atoms with van der Waals surface area (Å²) in [4.78, 5) is 0. The summed E-state index contributed by atoms with van der Waals surface area (Å²) in [5.74, 6) is -0.802. The topological polar surface area (TPSA) is 63.6 Å². The molecule has 4 nitrogen and oxygen atoms in total. The van der Waals surface area contributed by atoms with Crippen LogP contribution in [0.3, 0.4) is 0 Å². The van der Waals surface area contributed by atoms with E-state index in [4.69, 9.17) is 4.74 Å². The maximum atomic E-state index is 13.7. The fraction of sp³-hybridized carbons (Fsp3) is 0.571. The van der Waals surface area contributed by atoms with Crippen LogP contribution < -0.4 is 4.74 Å². The Morgan fingerprint density at radius 3 is 2.40 bits per heavy atom. The molecule has 0 aliphatic heterocycles. The molecule has 0 saturated heterocycles. The van der Waals surface area contributed by atoms with Crippen molar-refractivity contribution < 1.29 is 22.7 Å². The fourth-order valence-electron chi connectivity index (χ4n) is 1.46. The molecule has 0 aliphatic carbocycles. The second kappa shape index (κ2) is 6.10. The van der Waals surface area contributed by atoms with E-state index in [2.05, 4.69) is 0 Å². The van der Waals surface area contributed by atoms with Gasteiger partial charge in [-0.2, -0.15) is 0 Å². The number of aliphatic hydroxyl groups excluding tert-OH is 1. The first kappa shape index (κ1) is 16.9. The number of sulfone groups is 1. The van der Waals surface area contributed by atoms with E-state index in [-0.39, 0.29) is 18.1 Å². The summed E-state index contributed by atoms with van der Waals surface area (Å²) in [6.45, 7) is 6.26. The third-order valence-corrected chi connectivity index (χ3v) is 5.55. The Bertz CT molecular complexity index is 559. The van der Waals surface area contributed by atoms with Crippen molar-refractivity contribution in [3.05, 3.63) is 29.6 Å². The smallest absolute Gasteiger partial charge is 0.165 e. The summed E-state index contributed by atoms with van der Waals surface area (Å²) in [5, 5.41) is 9.32. The van der Waals surface area contributed by atoms with E-state index < -0.39 is 26.5 Å². The fourth-order valence-corrected chi connectivity index (χ4v) is 2.38. The second-order valence-electron chi connectivity index (χ2n) is 5.65. The molecule has 0 saturated carbocycles. The molecule has 20 heavy (non-hydrogen) atoms. The predicted octanol–water partition coefficient (Wildman–Crippen LogP) is 2.47. The van der Waals surface area contributed by atoms with Gasteiger partial charge in [-0.1, -0.05) is 6.07 Å². The Balaban J connectivity index is 2.68. The number of halogens is 1. The Labute approximate surface area is 119 Å². The highest BCUT2D eigenvalue weighted by Crippen LogP contribution is 2.22. The third kappa shape index (κ3) is 4.18. The standard InChI is InChI=1S/C14H21FO4S/c1-10(16)11-5-6-13(12(15)9-11)19-7-8-20(17,18)14(2,3)4/h5-6,9-10,16H,7-8H2,1-4H3. The Hall–Kier alpha value is -1.14. The average Bonchev–Trinajstić information content (AvgIpc) is 2.29. The van der Waals surface area contributed by atoms with E-state index >= 15 is 0 Å².